The van der Waals surface area contributed by atoms with E-state index in [1.54, 1.807) is 11.8 Å². The van der Waals surface area contributed by atoms with Gasteiger partial charge in [0.15, 0.2) is 5.16 Å². The number of hydrogen-bond acceptors (Lipinski definition) is 6. The molecule has 1 N–H and O–H groups in total. The summed E-state index contributed by atoms with van der Waals surface area (Å²) in [6, 6.07) is 18.3. The van der Waals surface area contributed by atoms with E-state index in [0.717, 1.165) is 33.7 Å². The van der Waals surface area contributed by atoms with E-state index < -0.39 is 0 Å². The molecule has 0 radical (unpaired) electrons. The normalized spacial score (nSPS) is 10.9. The van der Waals surface area contributed by atoms with Gasteiger partial charge in [0.05, 0.1) is 11.4 Å². The lowest BCUT2D eigenvalue weighted by molar-refractivity contribution is 0.0949. The van der Waals surface area contributed by atoms with Crippen molar-refractivity contribution >= 4 is 29.0 Å². The van der Waals surface area contributed by atoms with E-state index >= 15 is 0 Å². The molecular formula is C23H23N5OS2. The van der Waals surface area contributed by atoms with Crippen LogP contribution in [0.3, 0.4) is 0 Å². The Morgan fingerprint density at radius 1 is 1.06 bits per heavy atom. The lowest BCUT2D eigenvalue weighted by Crippen LogP contribution is -2.26. The molecule has 8 heteroatoms. The molecule has 2 heterocycles. The molecule has 0 unspecified atom stereocenters. The highest BCUT2D eigenvalue weighted by Crippen LogP contribution is 2.27. The Kier molecular flexibility index (Phi) is 6.79. The number of aryl methyl sites for hydroxylation is 2. The summed E-state index contributed by atoms with van der Waals surface area (Å²) < 4.78 is 2.06. The van der Waals surface area contributed by atoms with Gasteiger partial charge in [0.1, 0.15) is 16.5 Å². The number of thiazole rings is 1. The molecule has 0 aliphatic carbocycles. The number of aromatic nitrogens is 4. The summed E-state index contributed by atoms with van der Waals surface area (Å²) in [6.45, 7) is 4.61. The molecule has 0 bridgehead atoms. The zero-order chi connectivity index (χ0) is 21.6. The maximum Gasteiger partial charge on any atom is 0.270 e. The summed E-state index contributed by atoms with van der Waals surface area (Å²) in [5.41, 5.74) is 3.90. The third-order valence-corrected chi connectivity index (χ3v) is 6.77. The fourth-order valence-corrected chi connectivity index (χ4v) is 4.97. The van der Waals surface area contributed by atoms with Crippen LogP contribution >= 0.6 is 23.1 Å². The summed E-state index contributed by atoms with van der Waals surface area (Å²) in [4.78, 5) is 16.9. The van der Waals surface area contributed by atoms with Gasteiger partial charge >= 0.3 is 0 Å². The number of rotatable bonds is 8. The van der Waals surface area contributed by atoms with Gasteiger partial charge < -0.3 is 5.32 Å². The van der Waals surface area contributed by atoms with Crippen molar-refractivity contribution in [2.24, 2.45) is 0 Å². The average molecular weight is 450 g/mol. The molecule has 0 saturated carbocycles. The summed E-state index contributed by atoms with van der Waals surface area (Å²) in [5.74, 6) is 1.34. The van der Waals surface area contributed by atoms with Crippen LogP contribution < -0.4 is 5.32 Å². The van der Waals surface area contributed by atoms with Crippen LogP contribution in [0, 0.1) is 13.8 Å². The van der Waals surface area contributed by atoms with E-state index in [9.17, 15) is 4.79 Å². The van der Waals surface area contributed by atoms with Crippen molar-refractivity contribution in [3.63, 3.8) is 0 Å². The lowest BCUT2D eigenvalue weighted by Gasteiger charge is -2.10. The van der Waals surface area contributed by atoms with Crippen molar-refractivity contribution in [2.45, 2.75) is 31.2 Å². The molecule has 0 aliphatic rings. The van der Waals surface area contributed by atoms with Crippen LogP contribution in [-0.4, -0.2) is 32.2 Å². The quantitative estimate of drug-likeness (QED) is 0.398. The first-order valence-electron chi connectivity index (χ1n) is 9.99. The highest BCUT2D eigenvalue weighted by Gasteiger charge is 2.15. The SMILES string of the molecule is Cc1ccccc1-n1c(C)nnc1SCc1nc(C(=O)NCCc2ccccc2)cs1. The molecule has 0 fully saturated rings. The minimum atomic E-state index is -0.137. The number of carbonyl (C=O) groups is 1. The van der Waals surface area contributed by atoms with Crippen molar-refractivity contribution in [1.82, 2.24) is 25.1 Å². The largest absolute Gasteiger partial charge is 0.350 e. The predicted octanol–water partition coefficient (Wildman–Crippen LogP) is 4.61. The monoisotopic (exact) mass is 449 g/mol. The number of amides is 1. The van der Waals surface area contributed by atoms with E-state index in [1.165, 1.54) is 16.9 Å². The molecule has 0 saturated heterocycles. The first-order valence-corrected chi connectivity index (χ1v) is 11.9. The number of carbonyl (C=O) groups excluding carboxylic acids is 1. The zero-order valence-corrected chi connectivity index (χ0v) is 19.0. The molecular weight excluding hydrogens is 426 g/mol. The summed E-state index contributed by atoms with van der Waals surface area (Å²) in [5, 5.41) is 15.0. The molecule has 2 aromatic carbocycles. The smallest absolute Gasteiger partial charge is 0.270 e. The fourth-order valence-electron chi connectivity index (χ4n) is 3.19. The van der Waals surface area contributed by atoms with Crippen molar-refractivity contribution in [2.75, 3.05) is 6.54 Å². The lowest BCUT2D eigenvalue weighted by atomic mass is 10.1. The molecule has 0 aliphatic heterocycles. The maximum absolute atomic E-state index is 12.4. The Labute approximate surface area is 189 Å². The first kappa shape index (κ1) is 21.3. The number of nitrogens with zero attached hydrogens (tertiary/aromatic N) is 4. The highest BCUT2D eigenvalue weighted by atomic mass is 32.2. The number of thioether (sulfide) groups is 1. The van der Waals surface area contributed by atoms with Crippen LogP contribution in [0.15, 0.2) is 65.1 Å². The van der Waals surface area contributed by atoms with Crippen LogP contribution in [0.2, 0.25) is 0 Å². The molecule has 2 aromatic heterocycles. The molecule has 4 aromatic rings. The Bertz CT molecular complexity index is 1170. The van der Waals surface area contributed by atoms with Crippen molar-refractivity contribution in [3.8, 4) is 5.69 Å². The minimum absolute atomic E-state index is 0.137. The highest BCUT2D eigenvalue weighted by molar-refractivity contribution is 7.98. The van der Waals surface area contributed by atoms with Gasteiger partial charge in [-0.3, -0.25) is 9.36 Å². The topological polar surface area (TPSA) is 72.7 Å². The molecule has 158 valence electrons. The zero-order valence-electron chi connectivity index (χ0n) is 17.4. The molecule has 31 heavy (non-hydrogen) atoms. The third-order valence-electron chi connectivity index (χ3n) is 4.80. The van der Waals surface area contributed by atoms with Crippen LogP contribution in [-0.2, 0) is 12.2 Å². The summed E-state index contributed by atoms with van der Waals surface area (Å²) in [7, 11) is 0. The summed E-state index contributed by atoms with van der Waals surface area (Å²) in [6.07, 6.45) is 0.799. The van der Waals surface area contributed by atoms with E-state index in [-0.39, 0.29) is 5.91 Å². The Balaban J connectivity index is 1.36. The van der Waals surface area contributed by atoms with E-state index in [4.69, 9.17) is 0 Å². The van der Waals surface area contributed by atoms with Gasteiger partial charge in [-0.1, -0.05) is 60.3 Å². The number of para-hydroxylation sites is 1. The van der Waals surface area contributed by atoms with E-state index in [1.807, 2.05) is 42.6 Å². The predicted molar refractivity (Wildman–Crippen MR) is 125 cm³/mol. The van der Waals surface area contributed by atoms with E-state index in [0.29, 0.717) is 18.0 Å². The molecule has 0 spiro atoms. The Morgan fingerprint density at radius 3 is 2.65 bits per heavy atom. The summed E-state index contributed by atoms with van der Waals surface area (Å²) >= 11 is 3.06. The molecule has 0 atom stereocenters. The van der Waals surface area contributed by atoms with Crippen LogP contribution in [0.1, 0.15) is 32.4 Å². The molecule has 6 nitrogen and oxygen atoms in total. The number of benzene rings is 2. The molecule has 4 rings (SSSR count). The number of nitrogens with one attached hydrogen (secondary N) is 1. The van der Waals surface area contributed by atoms with Gasteiger partial charge in [-0.05, 0) is 37.5 Å². The first-order chi connectivity index (χ1) is 15.1. The van der Waals surface area contributed by atoms with Crippen molar-refractivity contribution in [1.29, 1.82) is 0 Å². The second-order valence-corrected chi connectivity index (χ2v) is 8.94. The maximum atomic E-state index is 12.4. The fraction of sp³-hybridized carbons (Fsp3) is 0.217. The van der Waals surface area contributed by atoms with Crippen molar-refractivity contribution in [3.05, 3.63) is 87.6 Å². The Hall–Kier alpha value is -2.97. The van der Waals surface area contributed by atoms with Crippen LogP contribution in [0.4, 0.5) is 0 Å². The standard InChI is InChI=1S/C23H23N5OS2/c1-16-8-6-7-11-20(16)28-17(2)26-27-23(28)31-15-21-25-19(14-30-21)22(29)24-13-12-18-9-4-3-5-10-18/h3-11,14H,12-13,15H2,1-2H3,(H,24,29). The van der Waals surface area contributed by atoms with Crippen LogP contribution in [0.25, 0.3) is 5.69 Å². The van der Waals surface area contributed by atoms with E-state index in [2.05, 4.69) is 56.3 Å². The average Bonchev–Trinajstić information content (AvgIpc) is 3.40. The molecule has 1 amide bonds. The van der Waals surface area contributed by atoms with Gasteiger partial charge in [-0.25, -0.2) is 4.98 Å². The second kappa shape index (κ2) is 9.89. The van der Waals surface area contributed by atoms with Gasteiger partial charge in [-0.15, -0.1) is 21.5 Å². The van der Waals surface area contributed by atoms with Crippen molar-refractivity contribution < 1.29 is 4.79 Å². The second-order valence-electron chi connectivity index (χ2n) is 7.06. The van der Waals surface area contributed by atoms with Gasteiger partial charge in [0.25, 0.3) is 5.91 Å². The van der Waals surface area contributed by atoms with Gasteiger partial charge in [-0.2, -0.15) is 0 Å². The minimum Gasteiger partial charge on any atom is -0.350 e. The number of hydrogen-bond donors (Lipinski definition) is 1. The Morgan fingerprint density at radius 2 is 1.84 bits per heavy atom. The van der Waals surface area contributed by atoms with Gasteiger partial charge in [0.2, 0.25) is 0 Å². The van der Waals surface area contributed by atoms with Gasteiger partial charge in [0, 0.05) is 11.9 Å². The third kappa shape index (κ3) is 5.21. The van der Waals surface area contributed by atoms with Crippen LogP contribution in [0.5, 0.6) is 0 Å².